The third kappa shape index (κ3) is 5.25. The van der Waals surface area contributed by atoms with Gasteiger partial charge in [-0.3, -0.25) is 24.6 Å². The van der Waals surface area contributed by atoms with E-state index in [-0.39, 0.29) is 23.4 Å². The lowest BCUT2D eigenvalue weighted by Gasteiger charge is -2.11. The largest absolute Gasteiger partial charge is 0.488 e. The zero-order valence-corrected chi connectivity index (χ0v) is 17.1. The Kier molecular flexibility index (Phi) is 7.21. The molecule has 0 N–H and O–H groups in total. The molecular formula is C21H20N2O6S. The van der Waals surface area contributed by atoms with Gasteiger partial charge in [-0.25, -0.2) is 0 Å². The third-order valence-electron chi connectivity index (χ3n) is 4.35. The summed E-state index contributed by atoms with van der Waals surface area (Å²) >= 11 is 0.900. The summed E-state index contributed by atoms with van der Waals surface area (Å²) in [5.74, 6) is 0.216. The lowest BCUT2D eigenvalue weighted by Crippen LogP contribution is -2.29. The maximum atomic E-state index is 12.6. The molecule has 3 rings (SSSR count). The summed E-state index contributed by atoms with van der Waals surface area (Å²) in [6.07, 6.45) is 2.23. The number of nitrogens with zero attached hydrogens (tertiary/aromatic N) is 2. The normalized spacial score (nSPS) is 15.1. The summed E-state index contributed by atoms with van der Waals surface area (Å²) < 4.78 is 10.8. The number of hydrogen-bond acceptors (Lipinski definition) is 7. The van der Waals surface area contributed by atoms with Gasteiger partial charge in [-0.2, -0.15) is 0 Å². The average molecular weight is 428 g/mol. The van der Waals surface area contributed by atoms with Gasteiger partial charge in [0.05, 0.1) is 9.83 Å². The molecule has 8 nitrogen and oxygen atoms in total. The van der Waals surface area contributed by atoms with Crippen molar-refractivity contribution in [2.45, 2.75) is 13.0 Å². The molecule has 1 fully saturated rings. The summed E-state index contributed by atoms with van der Waals surface area (Å²) in [6.45, 7) is 0.996. The van der Waals surface area contributed by atoms with E-state index in [0.717, 1.165) is 17.3 Å². The van der Waals surface area contributed by atoms with E-state index < -0.39 is 4.92 Å². The second kappa shape index (κ2) is 10.0. The zero-order chi connectivity index (χ0) is 21.5. The molecule has 0 atom stereocenters. The number of hydrogen-bond donors (Lipinski definition) is 0. The van der Waals surface area contributed by atoms with Gasteiger partial charge in [0, 0.05) is 38.0 Å². The third-order valence-corrected chi connectivity index (χ3v) is 5.26. The maximum absolute atomic E-state index is 12.6. The van der Waals surface area contributed by atoms with Gasteiger partial charge >= 0.3 is 0 Å². The van der Waals surface area contributed by atoms with E-state index in [1.165, 1.54) is 17.0 Å². The molecule has 9 heteroatoms. The highest BCUT2D eigenvalue weighted by Crippen LogP contribution is 2.34. The van der Waals surface area contributed by atoms with E-state index >= 15 is 0 Å². The van der Waals surface area contributed by atoms with Crippen molar-refractivity contribution in [3.05, 3.63) is 74.7 Å². The van der Waals surface area contributed by atoms with Crippen molar-refractivity contribution >= 4 is 34.7 Å². The van der Waals surface area contributed by atoms with E-state index in [2.05, 4.69) is 0 Å². The van der Waals surface area contributed by atoms with Crippen LogP contribution in [-0.4, -0.2) is 41.2 Å². The Morgan fingerprint density at radius 3 is 2.57 bits per heavy atom. The van der Waals surface area contributed by atoms with Crippen LogP contribution in [0.4, 0.5) is 10.5 Å². The number of ether oxygens (including phenoxy) is 2. The Morgan fingerprint density at radius 1 is 1.13 bits per heavy atom. The fourth-order valence-electron chi connectivity index (χ4n) is 2.81. The Labute approximate surface area is 177 Å². The summed E-state index contributed by atoms with van der Waals surface area (Å²) in [5, 5.41) is 10.5. The maximum Gasteiger partial charge on any atom is 0.293 e. The van der Waals surface area contributed by atoms with Crippen LogP contribution in [-0.2, 0) is 16.1 Å². The minimum absolute atomic E-state index is 0.0142. The number of amides is 2. The van der Waals surface area contributed by atoms with E-state index in [4.69, 9.17) is 9.47 Å². The Bertz CT molecular complexity index is 974. The van der Waals surface area contributed by atoms with Crippen LogP contribution in [0.25, 0.3) is 6.08 Å². The fourth-order valence-corrected chi connectivity index (χ4v) is 3.66. The lowest BCUT2D eigenvalue weighted by atomic mass is 10.1. The molecule has 2 aromatic carbocycles. The van der Waals surface area contributed by atoms with Crippen LogP contribution in [0.3, 0.4) is 0 Å². The highest BCUT2D eigenvalue weighted by molar-refractivity contribution is 8.18. The molecule has 1 heterocycles. The molecule has 0 bridgehead atoms. The monoisotopic (exact) mass is 428 g/mol. The molecule has 0 aliphatic carbocycles. The number of imide groups is 1. The standard InChI is InChI=1S/C21H20N2O6S/c1-28-12-4-11-22-20(24)19(30-21(22)25)13-16-5-2-3-6-18(16)29-14-15-7-9-17(10-8-15)23(26)27/h2-3,5-10,13H,4,11-12,14H2,1H3/b19-13+. The number of para-hydroxylation sites is 1. The molecule has 1 saturated heterocycles. The molecule has 156 valence electrons. The molecule has 0 aromatic heterocycles. The molecular weight excluding hydrogens is 408 g/mol. The summed E-state index contributed by atoms with van der Waals surface area (Å²) in [4.78, 5) is 36.6. The van der Waals surface area contributed by atoms with Crippen LogP contribution in [0.15, 0.2) is 53.4 Å². The quantitative estimate of drug-likeness (QED) is 0.255. The molecule has 0 radical (unpaired) electrons. The summed E-state index contributed by atoms with van der Waals surface area (Å²) in [6, 6.07) is 13.3. The molecule has 30 heavy (non-hydrogen) atoms. The molecule has 2 aromatic rings. The first-order valence-corrected chi connectivity index (χ1v) is 10.0. The second-order valence-electron chi connectivity index (χ2n) is 6.43. The summed E-state index contributed by atoms with van der Waals surface area (Å²) in [7, 11) is 1.57. The highest BCUT2D eigenvalue weighted by atomic mass is 32.2. The first-order chi connectivity index (χ1) is 14.5. The number of carbonyl (C=O) groups is 2. The van der Waals surface area contributed by atoms with Crippen LogP contribution in [0.5, 0.6) is 5.75 Å². The number of methoxy groups -OCH3 is 1. The van der Waals surface area contributed by atoms with Gasteiger partial charge in [0.15, 0.2) is 0 Å². The van der Waals surface area contributed by atoms with Crippen LogP contribution in [0.1, 0.15) is 17.5 Å². The minimum Gasteiger partial charge on any atom is -0.488 e. The molecule has 1 aliphatic rings. The molecule has 0 unspecified atom stereocenters. The van der Waals surface area contributed by atoms with Crippen molar-refractivity contribution in [3.63, 3.8) is 0 Å². The van der Waals surface area contributed by atoms with E-state index in [1.54, 1.807) is 43.5 Å². The topological polar surface area (TPSA) is 99.0 Å². The fraction of sp³-hybridized carbons (Fsp3) is 0.238. The number of thioether (sulfide) groups is 1. The van der Waals surface area contributed by atoms with Gasteiger partial charge in [0.1, 0.15) is 12.4 Å². The number of nitro groups is 1. The van der Waals surface area contributed by atoms with Crippen LogP contribution in [0.2, 0.25) is 0 Å². The van der Waals surface area contributed by atoms with Crippen molar-refractivity contribution in [2.75, 3.05) is 20.3 Å². The predicted octanol–water partition coefficient (Wildman–Crippen LogP) is 4.25. The Hall–Kier alpha value is -3.17. The van der Waals surface area contributed by atoms with Gasteiger partial charge in [-0.05, 0) is 48.0 Å². The van der Waals surface area contributed by atoms with E-state index in [1.807, 2.05) is 6.07 Å². The van der Waals surface area contributed by atoms with E-state index in [0.29, 0.717) is 35.8 Å². The van der Waals surface area contributed by atoms with Gasteiger partial charge in [0.2, 0.25) is 0 Å². The number of rotatable bonds is 9. The van der Waals surface area contributed by atoms with Gasteiger partial charge in [-0.1, -0.05) is 18.2 Å². The van der Waals surface area contributed by atoms with Crippen LogP contribution < -0.4 is 4.74 Å². The van der Waals surface area contributed by atoms with Gasteiger partial charge < -0.3 is 9.47 Å². The Morgan fingerprint density at radius 2 is 1.87 bits per heavy atom. The lowest BCUT2D eigenvalue weighted by molar-refractivity contribution is -0.384. The van der Waals surface area contributed by atoms with Crippen LogP contribution in [0, 0.1) is 10.1 Å². The first kappa shape index (κ1) is 21.5. The number of nitro benzene ring substituents is 1. The second-order valence-corrected chi connectivity index (χ2v) is 7.42. The van der Waals surface area contributed by atoms with Crippen molar-refractivity contribution in [3.8, 4) is 5.75 Å². The summed E-state index contributed by atoms with van der Waals surface area (Å²) in [5.41, 5.74) is 1.45. The zero-order valence-electron chi connectivity index (χ0n) is 16.3. The smallest absolute Gasteiger partial charge is 0.293 e. The molecule has 0 spiro atoms. The van der Waals surface area contributed by atoms with Crippen molar-refractivity contribution < 1.29 is 24.0 Å². The van der Waals surface area contributed by atoms with Gasteiger partial charge in [0.25, 0.3) is 16.8 Å². The highest BCUT2D eigenvalue weighted by Gasteiger charge is 2.34. The van der Waals surface area contributed by atoms with Gasteiger partial charge in [-0.15, -0.1) is 0 Å². The first-order valence-electron chi connectivity index (χ1n) is 9.19. The van der Waals surface area contributed by atoms with Crippen molar-refractivity contribution in [1.29, 1.82) is 0 Å². The number of carbonyl (C=O) groups excluding carboxylic acids is 2. The molecule has 0 saturated carbocycles. The number of benzene rings is 2. The number of non-ortho nitro benzene ring substituents is 1. The van der Waals surface area contributed by atoms with Crippen molar-refractivity contribution in [1.82, 2.24) is 4.90 Å². The SMILES string of the molecule is COCCCN1C(=O)S/C(=C/c2ccccc2OCc2ccc([N+](=O)[O-])cc2)C1=O. The molecule has 1 aliphatic heterocycles. The average Bonchev–Trinajstić information content (AvgIpc) is 3.01. The predicted molar refractivity (Wildman–Crippen MR) is 113 cm³/mol. The Balaban J connectivity index is 1.71. The van der Waals surface area contributed by atoms with Crippen LogP contribution >= 0.6 is 11.8 Å². The van der Waals surface area contributed by atoms with Crippen molar-refractivity contribution in [2.24, 2.45) is 0 Å². The molecule has 2 amide bonds. The van der Waals surface area contributed by atoms with E-state index in [9.17, 15) is 19.7 Å². The minimum atomic E-state index is -0.456.